The first kappa shape index (κ1) is 8.90. The van der Waals surface area contributed by atoms with E-state index in [-0.39, 0.29) is 0 Å². The average Bonchev–Trinajstić information content (AvgIpc) is 2.69. The molecule has 0 atom stereocenters. The summed E-state index contributed by atoms with van der Waals surface area (Å²) >= 11 is 5.83. The molecule has 1 N–H and O–H groups in total. The maximum Gasteiger partial charge on any atom is 0.150 e. The second-order valence-electron chi connectivity index (χ2n) is 2.75. The standard InChI is InChI=1S/C9H6ClN3O/c10-8-2-6(5-14)1-7(3-8)9-4-11-13-12-9/h1-5H,(H,11,12,13). The highest BCUT2D eigenvalue weighted by Crippen LogP contribution is 2.21. The molecule has 0 saturated carbocycles. The first-order chi connectivity index (χ1) is 6.79. The second kappa shape index (κ2) is 3.59. The smallest absolute Gasteiger partial charge is 0.150 e. The van der Waals surface area contributed by atoms with Crippen LogP contribution in [-0.4, -0.2) is 21.7 Å². The van der Waals surface area contributed by atoms with Crippen molar-refractivity contribution in [3.05, 3.63) is 35.0 Å². The molecule has 70 valence electrons. The summed E-state index contributed by atoms with van der Waals surface area (Å²) < 4.78 is 0. The molecule has 1 aromatic heterocycles. The molecule has 0 radical (unpaired) electrons. The monoisotopic (exact) mass is 207 g/mol. The zero-order valence-corrected chi connectivity index (χ0v) is 7.82. The molecule has 1 aromatic carbocycles. The molecule has 5 heteroatoms. The lowest BCUT2D eigenvalue weighted by Crippen LogP contribution is -1.84. The lowest BCUT2D eigenvalue weighted by Gasteiger charge is -1.98. The fourth-order valence-electron chi connectivity index (χ4n) is 1.17. The number of hydrogen-bond acceptors (Lipinski definition) is 3. The number of nitrogens with one attached hydrogen (secondary N) is 1. The van der Waals surface area contributed by atoms with E-state index in [0.29, 0.717) is 16.3 Å². The van der Waals surface area contributed by atoms with E-state index in [1.165, 1.54) is 0 Å². The van der Waals surface area contributed by atoms with Gasteiger partial charge in [-0.15, -0.1) is 5.10 Å². The van der Waals surface area contributed by atoms with E-state index in [0.717, 1.165) is 11.8 Å². The number of hydrogen-bond donors (Lipinski definition) is 1. The van der Waals surface area contributed by atoms with E-state index in [4.69, 9.17) is 11.6 Å². The number of carbonyl (C=O) groups excluding carboxylic acids is 1. The molecular weight excluding hydrogens is 202 g/mol. The number of halogens is 1. The number of benzene rings is 1. The third kappa shape index (κ3) is 1.65. The fraction of sp³-hybridized carbons (Fsp3) is 0. The van der Waals surface area contributed by atoms with Crippen molar-refractivity contribution in [1.82, 2.24) is 15.4 Å². The van der Waals surface area contributed by atoms with Crippen LogP contribution in [0.1, 0.15) is 10.4 Å². The molecule has 0 saturated heterocycles. The summed E-state index contributed by atoms with van der Waals surface area (Å²) in [6.07, 6.45) is 2.38. The predicted octanol–water partition coefficient (Wildman–Crippen LogP) is 1.94. The summed E-state index contributed by atoms with van der Waals surface area (Å²) in [7, 11) is 0. The topological polar surface area (TPSA) is 58.6 Å². The van der Waals surface area contributed by atoms with Crippen molar-refractivity contribution < 1.29 is 4.79 Å². The molecule has 0 spiro atoms. The van der Waals surface area contributed by atoms with Crippen LogP contribution in [0.5, 0.6) is 0 Å². The number of nitrogens with zero attached hydrogens (tertiary/aromatic N) is 2. The second-order valence-corrected chi connectivity index (χ2v) is 3.19. The van der Waals surface area contributed by atoms with E-state index in [9.17, 15) is 4.79 Å². The average molecular weight is 208 g/mol. The van der Waals surface area contributed by atoms with Gasteiger partial charge in [0.2, 0.25) is 0 Å². The number of aromatic amines is 1. The van der Waals surface area contributed by atoms with Crippen LogP contribution in [0.3, 0.4) is 0 Å². The van der Waals surface area contributed by atoms with Crippen LogP contribution < -0.4 is 0 Å². The molecule has 2 rings (SSSR count). The van der Waals surface area contributed by atoms with E-state index in [1.54, 1.807) is 24.4 Å². The highest BCUT2D eigenvalue weighted by molar-refractivity contribution is 6.31. The number of carbonyl (C=O) groups is 1. The van der Waals surface area contributed by atoms with Gasteiger partial charge in [0.15, 0.2) is 0 Å². The summed E-state index contributed by atoms with van der Waals surface area (Å²) in [6, 6.07) is 5.03. The van der Waals surface area contributed by atoms with Gasteiger partial charge in [-0.05, 0) is 18.2 Å². The Morgan fingerprint density at radius 2 is 2.21 bits per heavy atom. The van der Waals surface area contributed by atoms with Crippen molar-refractivity contribution in [1.29, 1.82) is 0 Å². The summed E-state index contributed by atoms with van der Waals surface area (Å²) in [5, 5.41) is 10.5. The summed E-state index contributed by atoms with van der Waals surface area (Å²) in [5.41, 5.74) is 1.96. The molecule has 2 aromatic rings. The SMILES string of the molecule is O=Cc1cc(Cl)cc(-c2c[nH]nn2)c1. The largest absolute Gasteiger partial charge is 0.298 e. The molecule has 14 heavy (non-hydrogen) atoms. The zero-order valence-electron chi connectivity index (χ0n) is 7.07. The van der Waals surface area contributed by atoms with Crippen molar-refractivity contribution in [2.75, 3.05) is 0 Å². The maximum atomic E-state index is 10.6. The van der Waals surface area contributed by atoms with E-state index in [1.807, 2.05) is 0 Å². The van der Waals surface area contributed by atoms with Gasteiger partial charge in [-0.25, -0.2) is 0 Å². The van der Waals surface area contributed by atoms with Gasteiger partial charge in [0, 0.05) is 22.3 Å². The summed E-state index contributed by atoms with van der Waals surface area (Å²) in [5.74, 6) is 0. The van der Waals surface area contributed by atoms with Gasteiger partial charge in [-0.2, -0.15) is 0 Å². The van der Waals surface area contributed by atoms with Gasteiger partial charge < -0.3 is 0 Å². The van der Waals surface area contributed by atoms with Crippen molar-refractivity contribution >= 4 is 17.9 Å². The third-order valence-corrected chi connectivity index (χ3v) is 1.99. The van der Waals surface area contributed by atoms with Crippen LogP contribution in [0, 0.1) is 0 Å². The Bertz CT molecular complexity index is 453. The van der Waals surface area contributed by atoms with Gasteiger partial charge in [0.1, 0.15) is 12.0 Å². The molecule has 0 amide bonds. The molecule has 0 aliphatic heterocycles. The fourth-order valence-corrected chi connectivity index (χ4v) is 1.41. The highest BCUT2D eigenvalue weighted by atomic mass is 35.5. The molecule has 0 bridgehead atoms. The van der Waals surface area contributed by atoms with Crippen molar-refractivity contribution in [3.8, 4) is 11.3 Å². The van der Waals surface area contributed by atoms with E-state index in [2.05, 4.69) is 15.4 Å². The first-order valence-corrected chi connectivity index (χ1v) is 4.30. The lowest BCUT2D eigenvalue weighted by molar-refractivity contribution is 0.112. The minimum Gasteiger partial charge on any atom is -0.298 e. The van der Waals surface area contributed by atoms with Crippen molar-refractivity contribution in [2.24, 2.45) is 0 Å². The van der Waals surface area contributed by atoms with Crippen LogP contribution in [-0.2, 0) is 0 Å². The first-order valence-electron chi connectivity index (χ1n) is 3.92. The number of rotatable bonds is 2. The summed E-state index contributed by atoms with van der Waals surface area (Å²) in [6.45, 7) is 0. The molecule has 4 nitrogen and oxygen atoms in total. The maximum absolute atomic E-state index is 10.6. The number of aromatic nitrogens is 3. The minimum atomic E-state index is 0.507. The lowest BCUT2D eigenvalue weighted by atomic mass is 10.1. The van der Waals surface area contributed by atoms with Crippen LogP contribution in [0.2, 0.25) is 5.02 Å². The highest BCUT2D eigenvalue weighted by Gasteiger charge is 2.03. The van der Waals surface area contributed by atoms with Crippen LogP contribution in [0.25, 0.3) is 11.3 Å². The Labute approximate surface area is 84.9 Å². The molecule has 0 aliphatic rings. The Kier molecular flexibility index (Phi) is 2.28. The summed E-state index contributed by atoms with van der Waals surface area (Å²) in [4.78, 5) is 10.6. The van der Waals surface area contributed by atoms with Gasteiger partial charge in [0.05, 0.1) is 0 Å². The Morgan fingerprint density at radius 1 is 1.36 bits per heavy atom. The Morgan fingerprint density at radius 3 is 2.86 bits per heavy atom. The van der Waals surface area contributed by atoms with Gasteiger partial charge in [-0.1, -0.05) is 16.8 Å². The normalized spacial score (nSPS) is 10.1. The molecule has 0 aliphatic carbocycles. The van der Waals surface area contributed by atoms with E-state index >= 15 is 0 Å². The molecular formula is C9H6ClN3O. The van der Waals surface area contributed by atoms with Crippen LogP contribution in [0.15, 0.2) is 24.4 Å². The number of aldehydes is 1. The number of H-pyrrole nitrogens is 1. The van der Waals surface area contributed by atoms with Gasteiger partial charge >= 0.3 is 0 Å². The molecule has 0 fully saturated rings. The van der Waals surface area contributed by atoms with Gasteiger partial charge in [0.25, 0.3) is 0 Å². The van der Waals surface area contributed by atoms with Crippen LogP contribution >= 0.6 is 11.6 Å². The predicted molar refractivity (Wildman–Crippen MR) is 52.2 cm³/mol. The third-order valence-electron chi connectivity index (χ3n) is 1.77. The quantitative estimate of drug-likeness (QED) is 0.766. The minimum absolute atomic E-state index is 0.507. The van der Waals surface area contributed by atoms with Crippen molar-refractivity contribution in [2.45, 2.75) is 0 Å². The molecule has 0 unspecified atom stereocenters. The van der Waals surface area contributed by atoms with E-state index < -0.39 is 0 Å². The Balaban J connectivity index is 2.54. The Hall–Kier alpha value is -1.68. The zero-order chi connectivity index (χ0) is 9.97. The van der Waals surface area contributed by atoms with Gasteiger partial charge in [-0.3, -0.25) is 9.89 Å². The van der Waals surface area contributed by atoms with Crippen LogP contribution in [0.4, 0.5) is 0 Å². The van der Waals surface area contributed by atoms with Crippen molar-refractivity contribution in [3.63, 3.8) is 0 Å². The molecule has 1 heterocycles.